The van der Waals surface area contributed by atoms with Gasteiger partial charge in [0.25, 0.3) is 0 Å². The van der Waals surface area contributed by atoms with Crippen LogP contribution in [-0.2, 0) is 4.79 Å². The summed E-state index contributed by atoms with van der Waals surface area (Å²) in [6.07, 6.45) is 10.3. The zero-order valence-electron chi connectivity index (χ0n) is 12.6. The number of aromatic nitrogens is 2. The Morgan fingerprint density at radius 2 is 2.14 bits per heavy atom. The van der Waals surface area contributed by atoms with Crippen molar-refractivity contribution >= 4 is 11.6 Å². The number of nitrogens with one attached hydrogen (secondary N) is 1. The van der Waals surface area contributed by atoms with E-state index in [-0.39, 0.29) is 11.9 Å². The monoisotopic (exact) mass is 298 g/mol. The quantitative estimate of drug-likeness (QED) is 0.911. The fourth-order valence-electron chi connectivity index (χ4n) is 3.14. The molecule has 0 aliphatic heterocycles. The molecule has 0 radical (unpaired) electrons. The lowest BCUT2D eigenvalue weighted by Crippen LogP contribution is -2.35. The standard InChI is InChI=1S/C17H22N4O/c18-14-6-2-1-5-13(14)11-17(22)20-15-7-3-4-8-16(15)21-10-9-19-12-21/h3-4,7-10,12-14H,1-2,5-6,11,18H2,(H,20,22). The second kappa shape index (κ2) is 6.75. The molecule has 116 valence electrons. The SMILES string of the molecule is NC1CCCCC1CC(=O)Nc1ccccc1-n1ccnc1. The lowest BCUT2D eigenvalue weighted by atomic mass is 9.83. The van der Waals surface area contributed by atoms with Crippen LogP contribution in [-0.4, -0.2) is 21.5 Å². The number of nitrogens with zero attached hydrogens (tertiary/aromatic N) is 2. The van der Waals surface area contributed by atoms with Crippen molar-refractivity contribution in [3.8, 4) is 5.69 Å². The number of nitrogens with two attached hydrogens (primary N) is 1. The Morgan fingerprint density at radius 3 is 2.91 bits per heavy atom. The second-order valence-electron chi connectivity index (χ2n) is 5.95. The summed E-state index contributed by atoms with van der Waals surface area (Å²) < 4.78 is 1.89. The van der Waals surface area contributed by atoms with Gasteiger partial charge < -0.3 is 15.6 Å². The van der Waals surface area contributed by atoms with Crippen LogP contribution >= 0.6 is 0 Å². The van der Waals surface area contributed by atoms with Crippen LogP contribution < -0.4 is 11.1 Å². The fraction of sp³-hybridized carbons (Fsp3) is 0.412. The Hall–Kier alpha value is -2.14. The van der Waals surface area contributed by atoms with E-state index in [0.29, 0.717) is 12.3 Å². The van der Waals surface area contributed by atoms with E-state index in [1.165, 1.54) is 12.8 Å². The average Bonchev–Trinajstić information content (AvgIpc) is 3.04. The van der Waals surface area contributed by atoms with Crippen molar-refractivity contribution in [1.82, 2.24) is 9.55 Å². The molecule has 0 saturated heterocycles. The Morgan fingerprint density at radius 1 is 1.32 bits per heavy atom. The first kappa shape index (κ1) is 14.8. The number of rotatable bonds is 4. The van der Waals surface area contributed by atoms with Crippen LogP contribution in [0.4, 0.5) is 5.69 Å². The van der Waals surface area contributed by atoms with Crippen LogP contribution in [0.5, 0.6) is 0 Å². The third-order valence-corrected chi connectivity index (χ3v) is 4.38. The van der Waals surface area contributed by atoms with Crippen molar-refractivity contribution in [3.63, 3.8) is 0 Å². The molecule has 2 aromatic rings. The second-order valence-corrected chi connectivity index (χ2v) is 5.95. The number of carbonyl (C=O) groups is 1. The van der Waals surface area contributed by atoms with E-state index in [9.17, 15) is 4.79 Å². The van der Waals surface area contributed by atoms with Gasteiger partial charge in [-0.3, -0.25) is 4.79 Å². The van der Waals surface area contributed by atoms with E-state index in [1.807, 2.05) is 35.0 Å². The van der Waals surface area contributed by atoms with E-state index < -0.39 is 0 Å². The van der Waals surface area contributed by atoms with Gasteiger partial charge >= 0.3 is 0 Å². The third-order valence-electron chi connectivity index (χ3n) is 4.38. The molecule has 1 saturated carbocycles. The van der Waals surface area contributed by atoms with Gasteiger partial charge in [0.2, 0.25) is 5.91 Å². The van der Waals surface area contributed by atoms with Crippen LogP contribution in [0.3, 0.4) is 0 Å². The number of benzene rings is 1. The molecule has 3 N–H and O–H groups in total. The molecule has 1 aromatic heterocycles. The molecule has 1 aliphatic carbocycles. The smallest absolute Gasteiger partial charge is 0.224 e. The summed E-state index contributed by atoms with van der Waals surface area (Å²) in [5, 5.41) is 3.02. The molecule has 1 amide bonds. The third kappa shape index (κ3) is 3.36. The Kier molecular flexibility index (Phi) is 4.53. The highest BCUT2D eigenvalue weighted by molar-refractivity contribution is 5.93. The summed E-state index contributed by atoms with van der Waals surface area (Å²) in [5.41, 5.74) is 7.85. The normalized spacial score (nSPS) is 21.5. The minimum atomic E-state index is 0.0370. The van der Waals surface area contributed by atoms with Crippen molar-refractivity contribution in [1.29, 1.82) is 0 Å². The first-order valence-corrected chi connectivity index (χ1v) is 7.87. The molecule has 0 spiro atoms. The highest BCUT2D eigenvalue weighted by Crippen LogP contribution is 2.27. The van der Waals surface area contributed by atoms with E-state index in [4.69, 9.17) is 5.73 Å². The minimum absolute atomic E-state index is 0.0370. The van der Waals surface area contributed by atoms with Crippen molar-refractivity contribution in [2.75, 3.05) is 5.32 Å². The first-order chi connectivity index (χ1) is 10.7. The summed E-state index contributed by atoms with van der Waals surface area (Å²) >= 11 is 0. The molecule has 22 heavy (non-hydrogen) atoms. The number of imidazole rings is 1. The maximum absolute atomic E-state index is 12.4. The van der Waals surface area contributed by atoms with E-state index in [1.54, 1.807) is 12.5 Å². The molecule has 2 unspecified atom stereocenters. The predicted octanol–water partition coefficient (Wildman–Crippen LogP) is 2.72. The van der Waals surface area contributed by atoms with Crippen LogP contribution in [0.15, 0.2) is 43.0 Å². The molecule has 1 aromatic carbocycles. The number of para-hydroxylation sites is 2. The zero-order chi connectivity index (χ0) is 15.4. The molecule has 5 nitrogen and oxygen atoms in total. The molecule has 0 bridgehead atoms. The van der Waals surface area contributed by atoms with Crippen LogP contribution in [0.2, 0.25) is 0 Å². The van der Waals surface area contributed by atoms with Gasteiger partial charge in [-0.25, -0.2) is 4.98 Å². The minimum Gasteiger partial charge on any atom is -0.327 e. The summed E-state index contributed by atoms with van der Waals surface area (Å²) in [5.74, 6) is 0.337. The van der Waals surface area contributed by atoms with E-state index in [0.717, 1.165) is 24.2 Å². The number of hydrogen-bond acceptors (Lipinski definition) is 3. The number of hydrogen-bond donors (Lipinski definition) is 2. The molecule has 2 atom stereocenters. The zero-order valence-corrected chi connectivity index (χ0v) is 12.6. The molecular weight excluding hydrogens is 276 g/mol. The van der Waals surface area contributed by atoms with Gasteiger partial charge in [0, 0.05) is 24.9 Å². The lowest BCUT2D eigenvalue weighted by molar-refractivity contribution is -0.117. The van der Waals surface area contributed by atoms with Gasteiger partial charge in [0.1, 0.15) is 0 Å². The number of anilines is 1. The Labute approximate surface area is 130 Å². The summed E-state index contributed by atoms with van der Waals surface area (Å²) in [6, 6.07) is 7.89. The largest absolute Gasteiger partial charge is 0.327 e. The maximum atomic E-state index is 12.4. The van der Waals surface area contributed by atoms with Gasteiger partial charge in [-0.1, -0.05) is 25.0 Å². The van der Waals surface area contributed by atoms with Gasteiger partial charge in [0.05, 0.1) is 17.7 Å². The van der Waals surface area contributed by atoms with E-state index in [2.05, 4.69) is 10.3 Å². The average molecular weight is 298 g/mol. The fourth-order valence-corrected chi connectivity index (χ4v) is 3.14. The number of carbonyl (C=O) groups excluding carboxylic acids is 1. The van der Waals surface area contributed by atoms with Crippen molar-refractivity contribution in [2.45, 2.75) is 38.1 Å². The molecular formula is C17H22N4O. The topological polar surface area (TPSA) is 72.9 Å². The summed E-state index contributed by atoms with van der Waals surface area (Å²) in [6.45, 7) is 0. The van der Waals surface area contributed by atoms with Gasteiger partial charge in [-0.15, -0.1) is 0 Å². The van der Waals surface area contributed by atoms with Crippen molar-refractivity contribution in [2.24, 2.45) is 11.7 Å². The molecule has 1 aliphatic rings. The number of amides is 1. The highest BCUT2D eigenvalue weighted by atomic mass is 16.1. The Bertz CT molecular complexity index is 623. The van der Waals surface area contributed by atoms with Crippen molar-refractivity contribution in [3.05, 3.63) is 43.0 Å². The first-order valence-electron chi connectivity index (χ1n) is 7.87. The van der Waals surface area contributed by atoms with Gasteiger partial charge in [-0.2, -0.15) is 0 Å². The van der Waals surface area contributed by atoms with E-state index >= 15 is 0 Å². The van der Waals surface area contributed by atoms with Crippen LogP contribution in [0.1, 0.15) is 32.1 Å². The maximum Gasteiger partial charge on any atom is 0.224 e. The van der Waals surface area contributed by atoms with Crippen LogP contribution in [0.25, 0.3) is 5.69 Å². The predicted molar refractivity (Wildman–Crippen MR) is 86.7 cm³/mol. The molecule has 1 heterocycles. The molecule has 3 rings (SSSR count). The van der Waals surface area contributed by atoms with Gasteiger partial charge in [-0.05, 0) is 30.9 Å². The summed E-state index contributed by atoms with van der Waals surface area (Å²) in [4.78, 5) is 16.4. The summed E-state index contributed by atoms with van der Waals surface area (Å²) in [7, 11) is 0. The molecule has 5 heteroatoms. The molecule has 1 fully saturated rings. The highest BCUT2D eigenvalue weighted by Gasteiger charge is 2.24. The van der Waals surface area contributed by atoms with Gasteiger partial charge in [0.15, 0.2) is 0 Å². The van der Waals surface area contributed by atoms with Crippen LogP contribution in [0, 0.1) is 5.92 Å². The van der Waals surface area contributed by atoms with Crippen molar-refractivity contribution < 1.29 is 4.79 Å². The lowest BCUT2D eigenvalue weighted by Gasteiger charge is -2.28. The Balaban J connectivity index is 1.69.